The molecule has 30 heavy (non-hydrogen) atoms. The van der Waals surface area contributed by atoms with Crippen molar-refractivity contribution in [3.63, 3.8) is 0 Å². The van der Waals surface area contributed by atoms with Crippen LogP contribution < -0.4 is 15.4 Å². The van der Waals surface area contributed by atoms with Crippen LogP contribution in [0.3, 0.4) is 0 Å². The molecule has 0 heterocycles. The fourth-order valence-corrected chi connectivity index (χ4v) is 3.21. The van der Waals surface area contributed by atoms with Gasteiger partial charge < -0.3 is 15.4 Å². The van der Waals surface area contributed by atoms with Crippen LogP contribution in [0.5, 0.6) is 5.75 Å². The molecule has 0 fully saturated rings. The summed E-state index contributed by atoms with van der Waals surface area (Å²) in [4.78, 5) is 24.8. The molecule has 0 aliphatic heterocycles. The van der Waals surface area contributed by atoms with Crippen molar-refractivity contribution in [2.24, 2.45) is 0 Å². The maximum absolute atomic E-state index is 12.5. The van der Waals surface area contributed by atoms with Crippen molar-refractivity contribution >= 4 is 58.0 Å². The second-order valence-electron chi connectivity index (χ2n) is 6.37. The van der Waals surface area contributed by atoms with Gasteiger partial charge in [0.25, 0.3) is 11.8 Å². The van der Waals surface area contributed by atoms with Gasteiger partial charge in [0, 0.05) is 27.0 Å². The smallest absolute Gasteiger partial charge is 0.265 e. The number of rotatable bonds is 6. The van der Waals surface area contributed by atoms with Gasteiger partial charge in [-0.1, -0.05) is 46.9 Å². The Balaban J connectivity index is 1.64. The van der Waals surface area contributed by atoms with Gasteiger partial charge >= 0.3 is 0 Å². The number of nitrogens with one attached hydrogen (secondary N) is 2. The highest BCUT2D eigenvalue weighted by Crippen LogP contribution is 2.28. The van der Waals surface area contributed by atoms with Gasteiger partial charge in [-0.3, -0.25) is 9.59 Å². The topological polar surface area (TPSA) is 67.4 Å². The number of halogens is 3. The van der Waals surface area contributed by atoms with E-state index in [0.29, 0.717) is 37.8 Å². The number of ether oxygens (including phenoxy) is 1. The largest absolute Gasteiger partial charge is 0.479 e. The third-order valence-corrected chi connectivity index (χ3v) is 4.81. The Bertz CT molecular complexity index is 1090. The molecule has 154 valence electrons. The van der Waals surface area contributed by atoms with Crippen molar-refractivity contribution < 1.29 is 14.3 Å². The van der Waals surface area contributed by atoms with Crippen molar-refractivity contribution in [2.45, 2.75) is 13.0 Å². The molecule has 0 saturated heterocycles. The van der Waals surface area contributed by atoms with E-state index in [0.717, 1.165) is 0 Å². The predicted octanol–water partition coefficient (Wildman–Crippen LogP) is 6.31. The summed E-state index contributed by atoms with van der Waals surface area (Å²) in [6.07, 6.45) is -0.812. The molecule has 2 amide bonds. The highest BCUT2D eigenvalue weighted by Gasteiger charge is 2.17. The molecule has 0 bridgehead atoms. The summed E-state index contributed by atoms with van der Waals surface area (Å²) in [6, 6.07) is 18.1. The van der Waals surface area contributed by atoms with Crippen molar-refractivity contribution in [1.82, 2.24) is 0 Å². The Kier molecular flexibility index (Phi) is 7.21. The summed E-state index contributed by atoms with van der Waals surface area (Å²) in [6.45, 7) is 1.60. The minimum absolute atomic E-state index is 0.310. The van der Waals surface area contributed by atoms with E-state index in [2.05, 4.69) is 10.6 Å². The number of anilines is 2. The molecule has 3 aromatic carbocycles. The fraction of sp³-hybridized carbons (Fsp3) is 0.0909. The molecule has 0 saturated carbocycles. The average Bonchev–Trinajstić information content (AvgIpc) is 2.70. The van der Waals surface area contributed by atoms with E-state index in [4.69, 9.17) is 39.5 Å². The van der Waals surface area contributed by atoms with Crippen LogP contribution in [-0.2, 0) is 4.79 Å². The van der Waals surface area contributed by atoms with E-state index in [1.165, 1.54) is 6.07 Å². The lowest BCUT2D eigenvalue weighted by molar-refractivity contribution is -0.122. The van der Waals surface area contributed by atoms with Crippen LogP contribution in [0.2, 0.25) is 15.1 Å². The van der Waals surface area contributed by atoms with Gasteiger partial charge in [-0.2, -0.15) is 0 Å². The maximum atomic E-state index is 12.5. The highest BCUT2D eigenvalue weighted by molar-refractivity contribution is 6.35. The first-order valence-electron chi connectivity index (χ1n) is 8.91. The summed E-state index contributed by atoms with van der Waals surface area (Å²) < 4.78 is 5.61. The van der Waals surface area contributed by atoms with E-state index in [9.17, 15) is 9.59 Å². The van der Waals surface area contributed by atoms with E-state index < -0.39 is 6.10 Å². The van der Waals surface area contributed by atoms with E-state index in [1.54, 1.807) is 67.6 Å². The number of hydrogen-bond acceptors (Lipinski definition) is 3. The van der Waals surface area contributed by atoms with Crippen LogP contribution >= 0.6 is 34.8 Å². The fourth-order valence-electron chi connectivity index (χ4n) is 2.57. The first kappa shape index (κ1) is 22.0. The molecule has 0 aliphatic carbocycles. The second-order valence-corrected chi connectivity index (χ2v) is 7.65. The molecule has 1 atom stereocenters. The van der Waals surface area contributed by atoms with Gasteiger partial charge in [-0.05, 0) is 61.5 Å². The summed E-state index contributed by atoms with van der Waals surface area (Å²) in [5, 5.41) is 6.78. The molecule has 0 radical (unpaired) electrons. The normalized spacial score (nSPS) is 11.5. The maximum Gasteiger partial charge on any atom is 0.265 e. The quantitative estimate of drug-likeness (QED) is 0.450. The first-order chi connectivity index (χ1) is 14.3. The van der Waals surface area contributed by atoms with Crippen LogP contribution in [0.4, 0.5) is 11.4 Å². The lowest BCUT2D eigenvalue weighted by Crippen LogP contribution is -2.30. The van der Waals surface area contributed by atoms with Gasteiger partial charge in [0.15, 0.2) is 6.10 Å². The number of carbonyl (C=O) groups is 2. The van der Waals surface area contributed by atoms with Crippen LogP contribution in [0, 0.1) is 0 Å². The average molecular weight is 464 g/mol. The van der Waals surface area contributed by atoms with Crippen molar-refractivity contribution in [1.29, 1.82) is 0 Å². The summed E-state index contributed by atoms with van der Waals surface area (Å²) >= 11 is 17.9. The Labute approximate surface area is 188 Å². The van der Waals surface area contributed by atoms with Gasteiger partial charge in [-0.25, -0.2) is 0 Å². The monoisotopic (exact) mass is 462 g/mol. The molecule has 0 spiro atoms. The van der Waals surface area contributed by atoms with Gasteiger partial charge in [-0.15, -0.1) is 0 Å². The molecular formula is C22H17Cl3N2O3. The minimum atomic E-state index is -0.812. The Hall–Kier alpha value is -2.73. The summed E-state index contributed by atoms with van der Waals surface area (Å²) in [5.41, 5.74) is 1.45. The van der Waals surface area contributed by atoms with E-state index in [1.807, 2.05) is 0 Å². The third-order valence-electron chi connectivity index (χ3n) is 4.04. The molecule has 3 aromatic rings. The highest BCUT2D eigenvalue weighted by atomic mass is 35.5. The Morgan fingerprint density at radius 2 is 1.50 bits per heavy atom. The lowest BCUT2D eigenvalue weighted by atomic mass is 10.2. The molecule has 1 unspecified atom stereocenters. The molecule has 2 N–H and O–H groups in total. The first-order valence-corrected chi connectivity index (χ1v) is 10.0. The number of amides is 2. The summed E-state index contributed by atoms with van der Waals surface area (Å²) in [7, 11) is 0. The van der Waals surface area contributed by atoms with Crippen molar-refractivity contribution in [2.75, 3.05) is 10.6 Å². The number of benzene rings is 3. The lowest BCUT2D eigenvalue weighted by Gasteiger charge is -2.16. The molecule has 3 rings (SSSR count). The van der Waals surface area contributed by atoms with Gasteiger partial charge in [0.05, 0.1) is 5.02 Å². The zero-order valence-corrected chi connectivity index (χ0v) is 18.1. The van der Waals surface area contributed by atoms with Crippen molar-refractivity contribution in [3.8, 4) is 5.75 Å². The predicted molar refractivity (Wildman–Crippen MR) is 121 cm³/mol. The molecular weight excluding hydrogens is 447 g/mol. The number of carbonyl (C=O) groups excluding carboxylic acids is 2. The SMILES string of the molecule is CC(Oc1ccc(Cl)cc1Cl)C(=O)Nc1cccc(NC(=O)c2cccc(Cl)c2)c1. The molecule has 0 aromatic heterocycles. The molecule has 0 aliphatic rings. The van der Waals surface area contributed by atoms with Crippen LogP contribution in [0.15, 0.2) is 66.7 Å². The van der Waals surface area contributed by atoms with E-state index >= 15 is 0 Å². The van der Waals surface area contributed by atoms with Crippen LogP contribution in [0.1, 0.15) is 17.3 Å². The van der Waals surface area contributed by atoms with E-state index in [-0.39, 0.29) is 11.8 Å². The standard InChI is InChI=1S/C22H17Cl3N2O3/c1-13(30-20-9-8-16(24)11-19(20)25)21(28)26-17-6-3-7-18(12-17)27-22(29)14-4-2-5-15(23)10-14/h2-13H,1H3,(H,26,28)(H,27,29). The van der Waals surface area contributed by atoms with Crippen LogP contribution in [-0.4, -0.2) is 17.9 Å². The molecule has 8 heteroatoms. The van der Waals surface area contributed by atoms with Crippen LogP contribution in [0.25, 0.3) is 0 Å². The number of hydrogen-bond donors (Lipinski definition) is 2. The summed E-state index contributed by atoms with van der Waals surface area (Å²) in [5.74, 6) is -0.333. The Morgan fingerprint density at radius 3 is 2.20 bits per heavy atom. The zero-order valence-electron chi connectivity index (χ0n) is 15.8. The third kappa shape index (κ3) is 5.89. The minimum Gasteiger partial charge on any atom is -0.479 e. The van der Waals surface area contributed by atoms with Crippen molar-refractivity contribution in [3.05, 3.63) is 87.4 Å². The van der Waals surface area contributed by atoms with Gasteiger partial charge in [0.2, 0.25) is 0 Å². The molecule has 5 nitrogen and oxygen atoms in total. The Morgan fingerprint density at radius 1 is 0.833 bits per heavy atom. The van der Waals surface area contributed by atoms with Gasteiger partial charge in [0.1, 0.15) is 5.75 Å². The zero-order chi connectivity index (χ0) is 21.7. The second kappa shape index (κ2) is 9.85.